The van der Waals surface area contributed by atoms with E-state index in [9.17, 15) is 4.79 Å². The first-order valence-corrected chi connectivity index (χ1v) is 6.32. The molecule has 1 N–H and O–H groups in total. The lowest BCUT2D eigenvalue weighted by atomic mass is 10.2. The van der Waals surface area contributed by atoms with Crippen molar-refractivity contribution in [3.05, 3.63) is 16.4 Å². The van der Waals surface area contributed by atoms with Gasteiger partial charge in [0.2, 0.25) is 5.91 Å². The molecule has 0 saturated carbocycles. The quantitative estimate of drug-likeness (QED) is 0.901. The number of anilines is 1. The van der Waals surface area contributed by atoms with Crippen LogP contribution in [-0.2, 0) is 4.79 Å². The van der Waals surface area contributed by atoms with Gasteiger partial charge in [0, 0.05) is 19.7 Å². The van der Waals surface area contributed by atoms with E-state index >= 15 is 0 Å². The molecule has 0 aliphatic heterocycles. The summed E-state index contributed by atoms with van der Waals surface area (Å²) in [6, 6.07) is 1.58. The first-order chi connectivity index (χ1) is 8.40. The first-order valence-electron chi connectivity index (χ1n) is 5.56. The highest BCUT2D eigenvalue weighted by Crippen LogP contribution is 2.23. The summed E-state index contributed by atoms with van der Waals surface area (Å²) in [5.41, 5.74) is 0.580. The monoisotopic (exact) mass is 290 g/mol. The zero-order valence-electron chi connectivity index (χ0n) is 10.6. The second-order valence-electron chi connectivity index (χ2n) is 4.40. The molecule has 0 atom stereocenters. The molecule has 5 nitrogen and oxygen atoms in total. The molecule has 1 rings (SSSR count). The summed E-state index contributed by atoms with van der Waals surface area (Å²) in [5.74, 6) is 0.343. The fourth-order valence-electron chi connectivity index (χ4n) is 1.29. The molecule has 100 valence electrons. The summed E-state index contributed by atoms with van der Waals surface area (Å²) in [5, 5.41) is 10.6. The number of hydrogen-bond donors (Lipinski definition) is 1. The molecular formula is C11H16Cl2N4O. The number of halogens is 2. The second-order valence-corrected chi connectivity index (χ2v) is 5.14. The maximum atomic E-state index is 11.7. The summed E-state index contributed by atoms with van der Waals surface area (Å²) in [4.78, 5) is 13.3. The minimum atomic E-state index is -0.0739. The van der Waals surface area contributed by atoms with Crippen LogP contribution in [-0.4, -0.2) is 36.2 Å². The van der Waals surface area contributed by atoms with E-state index in [0.29, 0.717) is 18.2 Å². The fraction of sp³-hybridized carbons (Fsp3) is 0.545. The normalized spacial score (nSPS) is 10.6. The largest absolute Gasteiger partial charge is 0.363 e. The predicted octanol–water partition coefficient (Wildman–Crippen LogP) is 1.99. The van der Waals surface area contributed by atoms with Crippen LogP contribution < -0.4 is 10.2 Å². The van der Waals surface area contributed by atoms with Crippen molar-refractivity contribution in [2.45, 2.75) is 13.8 Å². The standard InChI is InChI=1S/C11H16Cl2N4O/c1-7(2)5-14-10(18)6-17(3)8-4-9(12)15-16-11(8)13/h4,7H,5-6H2,1-3H3,(H,14,18). The van der Waals surface area contributed by atoms with Gasteiger partial charge in [0.15, 0.2) is 10.3 Å². The van der Waals surface area contributed by atoms with Crippen molar-refractivity contribution in [3.63, 3.8) is 0 Å². The van der Waals surface area contributed by atoms with Crippen molar-refractivity contribution in [1.29, 1.82) is 0 Å². The third-order valence-corrected chi connectivity index (χ3v) is 2.65. The van der Waals surface area contributed by atoms with Crippen molar-refractivity contribution in [1.82, 2.24) is 15.5 Å². The van der Waals surface area contributed by atoms with E-state index in [1.54, 1.807) is 18.0 Å². The lowest BCUT2D eigenvalue weighted by Crippen LogP contribution is -2.37. The third-order valence-electron chi connectivity index (χ3n) is 2.20. The van der Waals surface area contributed by atoms with E-state index in [-0.39, 0.29) is 22.8 Å². The summed E-state index contributed by atoms with van der Waals surface area (Å²) in [6.07, 6.45) is 0. The van der Waals surface area contributed by atoms with E-state index in [1.807, 2.05) is 13.8 Å². The molecule has 0 aliphatic rings. The van der Waals surface area contributed by atoms with Crippen LogP contribution in [0, 0.1) is 5.92 Å². The smallest absolute Gasteiger partial charge is 0.239 e. The molecule has 0 saturated heterocycles. The van der Waals surface area contributed by atoms with Crippen molar-refractivity contribution >= 4 is 34.8 Å². The Balaban J connectivity index is 2.62. The Bertz CT molecular complexity index is 426. The lowest BCUT2D eigenvalue weighted by molar-refractivity contribution is -0.119. The summed E-state index contributed by atoms with van der Waals surface area (Å²) in [6.45, 7) is 4.91. The predicted molar refractivity (Wildman–Crippen MR) is 73.2 cm³/mol. The Morgan fingerprint density at radius 1 is 1.44 bits per heavy atom. The Labute approximate surface area is 116 Å². The van der Waals surface area contributed by atoms with Crippen molar-refractivity contribution in [3.8, 4) is 0 Å². The number of nitrogens with one attached hydrogen (secondary N) is 1. The number of hydrogen-bond acceptors (Lipinski definition) is 4. The van der Waals surface area contributed by atoms with Gasteiger partial charge in [-0.2, -0.15) is 0 Å². The zero-order valence-corrected chi connectivity index (χ0v) is 12.1. The molecule has 1 aromatic heterocycles. The SMILES string of the molecule is CC(C)CNC(=O)CN(C)c1cc(Cl)nnc1Cl. The topological polar surface area (TPSA) is 58.1 Å². The third kappa shape index (κ3) is 4.66. The van der Waals surface area contributed by atoms with Gasteiger partial charge in [0.1, 0.15) is 0 Å². The lowest BCUT2D eigenvalue weighted by Gasteiger charge is -2.19. The molecule has 1 heterocycles. The maximum Gasteiger partial charge on any atom is 0.239 e. The number of carbonyl (C=O) groups is 1. The number of carbonyl (C=O) groups excluding carboxylic acids is 1. The Morgan fingerprint density at radius 2 is 2.11 bits per heavy atom. The van der Waals surface area contributed by atoms with Gasteiger partial charge in [-0.15, -0.1) is 10.2 Å². The van der Waals surface area contributed by atoms with Gasteiger partial charge in [0.25, 0.3) is 0 Å². The average molecular weight is 291 g/mol. The van der Waals surface area contributed by atoms with Gasteiger partial charge in [-0.3, -0.25) is 4.79 Å². The Kier molecular flexibility index (Phi) is 5.62. The van der Waals surface area contributed by atoms with E-state index < -0.39 is 0 Å². The molecule has 0 spiro atoms. The number of amides is 1. The van der Waals surface area contributed by atoms with E-state index in [2.05, 4.69) is 15.5 Å². The van der Waals surface area contributed by atoms with Crippen molar-refractivity contribution in [2.24, 2.45) is 5.92 Å². The number of aromatic nitrogens is 2. The molecule has 1 aromatic rings. The molecular weight excluding hydrogens is 275 g/mol. The summed E-state index contributed by atoms with van der Waals surface area (Å²) >= 11 is 11.6. The van der Waals surface area contributed by atoms with Crippen molar-refractivity contribution in [2.75, 3.05) is 25.0 Å². The number of likely N-dealkylation sites (N-methyl/N-ethyl adjacent to an activating group) is 1. The number of rotatable bonds is 5. The molecule has 18 heavy (non-hydrogen) atoms. The van der Waals surface area contributed by atoms with Gasteiger partial charge < -0.3 is 10.2 Å². The molecule has 0 unspecified atom stereocenters. The summed E-state index contributed by atoms with van der Waals surface area (Å²) in [7, 11) is 1.74. The molecule has 0 fully saturated rings. The van der Waals surface area contributed by atoms with Crippen LogP contribution in [0.3, 0.4) is 0 Å². The molecule has 0 radical (unpaired) electrons. The average Bonchev–Trinajstić information content (AvgIpc) is 2.29. The highest BCUT2D eigenvalue weighted by atomic mass is 35.5. The van der Waals surface area contributed by atoms with Crippen LogP contribution >= 0.6 is 23.2 Å². The van der Waals surface area contributed by atoms with Gasteiger partial charge >= 0.3 is 0 Å². The van der Waals surface area contributed by atoms with Crippen LogP contribution in [0.2, 0.25) is 10.3 Å². The summed E-state index contributed by atoms with van der Waals surface area (Å²) < 4.78 is 0. The molecule has 1 amide bonds. The Hall–Kier alpha value is -1.07. The van der Waals surface area contributed by atoms with Crippen LogP contribution in [0.15, 0.2) is 6.07 Å². The highest BCUT2D eigenvalue weighted by Gasteiger charge is 2.12. The first kappa shape index (κ1) is 15.0. The maximum absolute atomic E-state index is 11.7. The zero-order chi connectivity index (χ0) is 13.7. The van der Waals surface area contributed by atoms with Crippen LogP contribution in [0.4, 0.5) is 5.69 Å². The van der Waals surface area contributed by atoms with E-state index in [1.165, 1.54) is 0 Å². The molecule has 7 heteroatoms. The van der Waals surface area contributed by atoms with E-state index in [4.69, 9.17) is 23.2 Å². The highest BCUT2D eigenvalue weighted by molar-refractivity contribution is 6.33. The van der Waals surface area contributed by atoms with Gasteiger partial charge in [-0.05, 0) is 5.92 Å². The van der Waals surface area contributed by atoms with Crippen LogP contribution in [0.25, 0.3) is 0 Å². The Morgan fingerprint density at radius 3 is 2.72 bits per heavy atom. The van der Waals surface area contributed by atoms with Gasteiger partial charge in [-0.25, -0.2) is 0 Å². The number of nitrogens with zero attached hydrogens (tertiary/aromatic N) is 3. The second kappa shape index (κ2) is 6.75. The minimum absolute atomic E-state index is 0.0739. The molecule has 0 aromatic carbocycles. The molecule has 0 aliphatic carbocycles. The van der Waals surface area contributed by atoms with Crippen LogP contribution in [0.1, 0.15) is 13.8 Å². The van der Waals surface area contributed by atoms with E-state index in [0.717, 1.165) is 0 Å². The molecule has 0 bridgehead atoms. The van der Waals surface area contributed by atoms with Gasteiger partial charge in [-0.1, -0.05) is 37.0 Å². The van der Waals surface area contributed by atoms with Gasteiger partial charge in [0.05, 0.1) is 12.2 Å². The van der Waals surface area contributed by atoms with Crippen LogP contribution in [0.5, 0.6) is 0 Å². The minimum Gasteiger partial charge on any atom is -0.363 e. The van der Waals surface area contributed by atoms with Crippen molar-refractivity contribution < 1.29 is 4.79 Å². The fourth-order valence-corrected chi connectivity index (χ4v) is 1.66.